The molecular weight excluding hydrogens is 585 g/mol. The Morgan fingerprint density at radius 3 is 2.11 bits per heavy atom. The van der Waals surface area contributed by atoms with E-state index in [1.54, 1.807) is 6.07 Å². The average Bonchev–Trinajstić information content (AvgIpc) is 2.80. The predicted octanol–water partition coefficient (Wildman–Crippen LogP) is 6.43. The number of carbonyl (C=O) groups excluding carboxylic acids is 1. The van der Waals surface area contributed by atoms with Gasteiger partial charge in [0.25, 0.3) is 10.2 Å². The molecule has 3 rings (SSSR count). The third-order valence-electron chi connectivity index (χ3n) is 4.89. The molecule has 0 fully saturated rings. The van der Waals surface area contributed by atoms with Crippen molar-refractivity contribution >= 4 is 62.4 Å². The van der Waals surface area contributed by atoms with Gasteiger partial charge in [-0.25, -0.2) is 0 Å². The van der Waals surface area contributed by atoms with Crippen LogP contribution in [0.25, 0.3) is 0 Å². The SMILES string of the molecule is O=C(CNS(=O)(=O)N(Cc1ncc(C(F)(F)F)cc1Cl)Cc1c(Cl)cccc1Cl)c1ccc(Cl)cc1. The van der Waals surface area contributed by atoms with E-state index in [1.165, 1.54) is 36.4 Å². The molecule has 0 saturated heterocycles. The second kappa shape index (κ2) is 11.6. The molecule has 3 aromatic rings. The molecule has 0 spiro atoms. The van der Waals surface area contributed by atoms with Crippen LogP contribution in [0.5, 0.6) is 0 Å². The average molecular weight is 601 g/mol. The lowest BCUT2D eigenvalue weighted by atomic mass is 10.1. The number of benzene rings is 2. The normalized spacial score (nSPS) is 12.2. The molecule has 0 radical (unpaired) electrons. The number of hydrogen-bond donors (Lipinski definition) is 1. The summed E-state index contributed by atoms with van der Waals surface area (Å²) in [7, 11) is -4.42. The van der Waals surface area contributed by atoms with Crippen molar-refractivity contribution < 1.29 is 26.4 Å². The summed E-state index contributed by atoms with van der Waals surface area (Å²) in [6, 6.07) is 11.0. The van der Waals surface area contributed by atoms with Gasteiger partial charge in [-0.15, -0.1) is 0 Å². The third-order valence-corrected chi connectivity index (χ3v) is 7.62. The lowest BCUT2D eigenvalue weighted by Gasteiger charge is -2.24. The van der Waals surface area contributed by atoms with E-state index in [1.807, 2.05) is 0 Å². The molecule has 192 valence electrons. The lowest BCUT2D eigenvalue weighted by molar-refractivity contribution is -0.137. The van der Waals surface area contributed by atoms with Crippen molar-refractivity contribution in [1.82, 2.24) is 14.0 Å². The van der Waals surface area contributed by atoms with Gasteiger partial charge >= 0.3 is 6.18 Å². The van der Waals surface area contributed by atoms with Crippen LogP contribution in [0.1, 0.15) is 27.2 Å². The molecule has 0 aliphatic heterocycles. The van der Waals surface area contributed by atoms with Gasteiger partial charge < -0.3 is 0 Å². The predicted molar refractivity (Wildman–Crippen MR) is 133 cm³/mol. The van der Waals surface area contributed by atoms with Gasteiger partial charge in [-0.3, -0.25) is 9.78 Å². The van der Waals surface area contributed by atoms with Gasteiger partial charge in [0, 0.05) is 38.9 Å². The summed E-state index contributed by atoms with van der Waals surface area (Å²) < 4.78 is 68.3. The van der Waals surface area contributed by atoms with Crippen LogP contribution in [0, 0.1) is 0 Å². The minimum Gasteiger partial charge on any atom is -0.293 e. The van der Waals surface area contributed by atoms with Crippen LogP contribution in [0.4, 0.5) is 13.2 Å². The number of alkyl halides is 3. The first-order valence-electron chi connectivity index (χ1n) is 9.96. The van der Waals surface area contributed by atoms with Crippen molar-refractivity contribution in [3.05, 3.63) is 97.2 Å². The minimum absolute atomic E-state index is 0.151. The Hall–Kier alpha value is -1.92. The molecule has 0 aliphatic rings. The van der Waals surface area contributed by atoms with E-state index in [4.69, 9.17) is 46.4 Å². The molecular formula is C22H16Cl4F3N3O3S. The van der Waals surface area contributed by atoms with Crippen molar-refractivity contribution in [2.24, 2.45) is 0 Å². The zero-order valence-electron chi connectivity index (χ0n) is 18.0. The number of ketones is 1. The highest BCUT2D eigenvalue weighted by molar-refractivity contribution is 7.87. The zero-order valence-corrected chi connectivity index (χ0v) is 21.8. The fraction of sp³-hybridized carbons (Fsp3) is 0.182. The van der Waals surface area contributed by atoms with Crippen LogP contribution in [0.3, 0.4) is 0 Å². The minimum atomic E-state index is -4.68. The summed E-state index contributed by atoms with van der Waals surface area (Å²) in [5.41, 5.74) is -0.790. The molecule has 2 aromatic carbocycles. The first-order valence-corrected chi connectivity index (χ1v) is 12.9. The highest BCUT2D eigenvalue weighted by Crippen LogP contribution is 2.32. The standard InChI is InChI=1S/C22H16Cl4F3N3O3S/c23-15-6-4-13(5-7-15)21(33)10-31-36(34,35)32(11-16-17(24)2-1-3-18(16)25)12-20-19(26)8-14(9-30-20)22(27,28)29/h1-9,31H,10-12H2. The van der Waals surface area contributed by atoms with Crippen molar-refractivity contribution in [3.63, 3.8) is 0 Å². The topological polar surface area (TPSA) is 79.4 Å². The Bertz CT molecular complexity index is 1350. The van der Waals surface area contributed by atoms with E-state index in [-0.39, 0.29) is 33.4 Å². The Kier molecular flexibility index (Phi) is 9.26. The molecule has 0 unspecified atom stereocenters. The van der Waals surface area contributed by atoms with Crippen LogP contribution in [-0.2, 0) is 29.5 Å². The quantitative estimate of drug-likeness (QED) is 0.287. The summed E-state index contributed by atoms with van der Waals surface area (Å²) >= 11 is 24.2. The van der Waals surface area contributed by atoms with Crippen LogP contribution in [0.2, 0.25) is 20.1 Å². The summed E-state index contributed by atoms with van der Waals surface area (Å²) in [6.07, 6.45) is -4.14. The van der Waals surface area contributed by atoms with Crippen molar-refractivity contribution in [3.8, 4) is 0 Å². The van der Waals surface area contributed by atoms with Crippen LogP contribution >= 0.6 is 46.4 Å². The fourth-order valence-electron chi connectivity index (χ4n) is 2.98. The molecule has 1 N–H and O–H groups in total. The fourth-order valence-corrected chi connectivity index (χ4v) is 4.93. The molecule has 0 bridgehead atoms. The number of hydrogen-bond acceptors (Lipinski definition) is 4. The van der Waals surface area contributed by atoms with E-state index in [9.17, 15) is 26.4 Å². The van der Waals surface area contributed by atoms with Crippen LogP contribution in [0.15, 0.2) is 54.7 Å². The Morgan fingerprint density at radius 1 is 0.944 bits per heavy atom. The molecule has 36 heavy (non-hydrogen) atoms. The van der Waals surface area contributed by atoms with Gasteiger partial charge in [0.05, 0.1) is 29.4 Å². The molecule has 0 saturated carbocycles. The number of pyridine rings is 1. The monoisotopic (exact) mass is 599 g/mol. The molecule has 14 heteroatoms. The Morgan fingerprint density at radius 2 is 1.56 bits per heavy atom. The highest BCUT2D eigenvalue weighted by Gasteiger charge is 2.32. The molecule has 0 aliphatic carbocycles. The van der Waals surface area contributed by atoms with Gasteiger partial charge in [0.2, 0.25) is 0 Å². The number of halogens is 7. The van der Waals surface area contributed by atoms with E-state index in [0.29, 0.717) is 17.3 Å². The maximum absolute atomic E-state index is 13.2. The molecule has 1 heterocycles. The first kappa shape index (κ1) is 28.6. The van der Waals surface area contributed by atoms with Gasteiger partial charge in [0.15, 0.2) is 5.78 Å². The summed E-state index contributed by atoms with van der Waals surface area (Å²) in [6.45, 7) is -1.53. The van der Waals surface area contributed by atoms with E-state index in [0.717, 1.165) is 4.31 Å². The molecule has 1 aromatic heterocycles. The van der Waals surface area contributed by atoms with Crippen molar-refractivity contribution in [2.45, 2.75) is 19.3 Å². The summed E-state index contributed by atoms with van der Waals surface area (Å²) in [5.74, 6) is -0.545. The van der Waals surface area contributed by atoms with E-state index < -0.39 is 45.8 Å². The first-order chi connectivity index (χ1) is 16.8. The second-order valence-electron chi connectivity index (χ2n) is 7.37. The van der Waals surface area contributed by atoms with Gasteiger partial charge in [-0.2, -0.15) is 30.6 Å². The molecule has 6 nitrogen and oxygen atoms in total. The zero-order chi connectivity index (χ0) is 26.7. The van der Waals surface area contributed by atoms with Gasteiger partial charge in [-0.05, 0) is 42.5 Å². The maximum Gasteiger partial charge on any atom is 0.417 e. The second-order valence-corrected chi connectivity index (χ2v) is 10.8. The molecule has 0 amide bonds. The van der Waals surface area contributed by atoms with Crippen LogP contribution in [-0.4, -0.2) is 30.0 Å². The number of rotatable bonds is 9. The van der Waals surface area contributed by atoms with Gasteiger partial charge in [-0.1, -0.05) is 52.5 Å². The van der Waals surface area contributed by atoms with Crippen LogP contribution < -0.4 is 4.72 Å². The Labute approximate surface area is 225 Å². The van der Waals surface area contributed by atoms with Gasteiger partial charge in [0.1, 0.15) is 0 Å². The van der Waals surface area contributed by atoms with E-state index in [2.05, 4.69) is 9.71 Å². The van der Waals surface area contributed by atoms with Crippen molar-refractivity contribution in [1.29, 1.82) is 0 Å². The number of Topliss-reactive ketones (excluding diaryl/α,β-unsaturated/α-hetero) is 1. The number of nitrogens with one attached hydrogen (secondary N) is 1. The summed E-state index contributed by atoms with van der Waals surface area (Å²) in [5, 5.41) is 0.321. The Balaban J connectivity index is 1.90. The van der Waals surface area contributed by atoms with E-state index >= 15 is 0 Å². The third kappa shape index (κ3) is 7.32. The smallest absolute Gasteiger partial charge is 0.293 e. The maximum atomic E-state index is 13.2. The number of aromatic nitrogens is 1. The number of carbonyl (C=O) groups is 1. The number of nitrogens with zero attached hydrogens (tertiary/aromatic N) is 2. The largest absolute Gasteiger partial charge is 0.417 e. The lowest BCUT2D eigenvalue weighted by Crippen LogP contribution is -2.42. The summed E-state index contributed by atoms with van der Waals surface area (Å²) in [4.78, 5) is 16.2. The van der Waals surface area contributed by atoms with Crippen molar-refractivity contribution in [2.75, 3.05) is 6.54 Å². The molecule has 0 atom stereocenters. The highest BCUT2D eigenvalue weighted by atomic mass is 35.5.